The number of ketones is 3. The van der Waals surface area contributed by atoms with Gasteiger partial charge < -0.3 is 0 Å². The first-order valence-corrected chi connectivity index (χ1v) is 9.23. The summed E-state index contributed by atoms with van der Waals surface area (Å²) in [5.74, 6) is -1.09. The lowest BCUT2D eigenvalue weighted by Gasteiger charge is -2.16. The Labute approximate surface area is 162 Å². The average Bonchev–Trinajstić information content (AvgIpc) is 2.69. The van der Waals surface area contributed by atoms with Crippen molar-refractivity contribution in [2.45, 2.75) is 32.6 Å². The first-order valence-electron chi connectivity index (χ1n) is 9.23. The van der Waals surface area contributed by atoms with Gasteiger partial charge in [-0.05, 0) is 41.8 Å². The lowest BCUT2D eigenvalue weighted by molar-refractivity contribution is -0.118. The molecule has 0 fully saturated rings. The molecule has 1 heterocycles. The Bertz CT molecular complexity index is 987. The van der Waals surface area contributed by atoms with Gasteiger partial charge in [0.05, 0.1) is 5.56 Å². The van der Waals surface area contributed by atoms with Crippen LogP contribution in [0.2, 0.25) is 0 Å². The fourth-order valence-corrected chi connectivity index (χ4v) is 3.06. The Hall–Kier alpha value is -3.21. The third-order valence-corrected chi connectivity index (χ3v) is 4.56. The van der Waals surface area contributed by atoms with Crippen molar-refractivity contribution in [3.05, 3.63) is 76.4 Å². The molecule has 1 aromatic carbocycles. The molecule has 0 amide bonds. The van der Waals surface area contributed by atoms with Crippen LogP contribution >= 0.6 is 0 Å². The van der Waals surface area contributed by atoms with Crippen LogP contribution in [0.5, 0.6) is 0 Å². The third kappa shape index (κ3) is 4.36. The quantitative estimate of drug-likeness (QED) is 0.692. The normalized spacial score (nSPS) is 13.6. The van der Waals surface area contributed by atoms with Crippen molar-refractivity contribution in [1.82, 2.24) is 4.98 Å². The first-order chi connectivity index (χ1) is 13.5. The molecule has 2 aromatic rings. The molecule has 0 saturated heterocycles. The minimum atomic E-state index is -0.370. The number of fused-ring (bicyclic) bond motifs is 1. The monoisotopic (exact) mass is 377 g/mol. The van der Waals surface area contributed by atoms with Gasteiger partial charge in [0.1, 0.15) is 17.3 Å². The lowest BCUT2D eigenvalue weighted by Crippen LogP contribution is -2.21. The highest BCUT2D eigenvalue weighted by Gasteiger charge is 2.29. The predicted molar refractivity (Wildman–Crippen MR) is 105 cm³/mol. The number of hydrogen-bond donors (Lipinski definition) is 0. The standard InChI is InChI=1S/C23H20FNO3/c1-2-3-4-19(26)13-17-14-20(27)22-21(23(17)28)16(11-12-25-22)8-5-15-6-9-18(24)10-7-15/h5-12,14H,2-4,13H2,1H3/b8-5+. The van der Waals surface area contributed by atoms with E-state index in [2.05, 4.69) is 4.98 Å². The minimum absolute atomic E-state index is 0.0416. The van der Waals surface area contributed by atoms with E-state index in [-0.39, 0.29) is 46.4 Å². The average molecular weight is 377 g/mol. The number of nitrogens with zero attached hydrogens (tertiary/aromatic N) is 1. The second kappa shape index (κ2) is 8.65. The molecule has 0 spiro atoms. The van der Waals surface area contributed by atoms with Gasteiger partial charge in [-0.15, -0.1) is 0 Å². The molecule has 3 rings (SSSR count). The van der Waals surface area contributed by atoms with Crippen LogP contribution in [-0.2, 0) is 4.79 Å². The molecular weight excluding hydrogens is 357 g/mol. The van der Waals surface area contributed by atoms with Crippen molar-refractivity contribution >= 4 is 29.5 Å². The summed E-state index contributed by atoms with van der Waals surface area (Å²) in [6.07, 6.45) is 8.14. The van der Waals surface area contributed by atoms with Gasteiger partial charge >= 0.3 is 0 Å². The summed E-state index contributed by atoms with van der Waals surface area (Å²) in [6.45, 7) is 1.99. The smallest absolute Gasteiger partial charge is 0.205 e. The van der Waals surface area contributed by atoms with Crippen molar-refractivity contribution in [1.29, 1.82) is 0 Å². The second-order valence-corrected chi connectivity index (χ2v) is 6.69. The highest BCUT2D eigenvalue weighted by molar-refractivity contribution is 6.26. The fraction of sp³-hybridized carbons (Fsp3) is 0.217. The Morgan fingerprint density at radius 1 is 1.11 bits per heavy atom. The maximum absolute atomic E-state index is 13.0. The number of carbonyl (C=O) groups is 3. The summed E-state index contributed by atoms with van der Waals surface area (Å²) in [7, 11) is 0. The molecule has 4 nitrogen and oxygen atoms in total. The van der Waals surface area contributed by atoms with Crippen molar-refractivity contribution in [2.75, 3.05) is 0 Å². The van der Waals surface area contributed by atoms with E-state index in [1.165, 1.54) is 24.4 Å². The molecule has 0 bridgehead atoms. The van der Waals surface area contributed by atoms with E-state index in [0.29, 0.717) is 12.0 Å². The number of allylic oxidation sites excluding steroid dienone is 2. The van der Waals surface area contributed by atoms with Crippen LogP contribution < -0.4 is 0 Å². The van der Waals surface area contributed by atoms with E-state index in [1.807, 2.05) is 6.92 Å². The van der Waals surface area contributed by atoms with Gasteiger partial charge in [0.2, 0.25) is 5.78 Å². The molecule has 5 heteroatoms. The van der Waals surface area contributed by atoms with Crippen LogP contribution in [0.3, 0.4) is 0 Å². The molecule has 0 saturated carbocycles. The van der Waals surface area contributed by atoms with Crippen molar-refractivity contribution in [3.63, 3.8) is 0 Å². The number of aromatic nitrogens is 1. The molecule has 1 aliphatic carbocycles. The second-order valence-electron chi connectivity index (χ2n) is 6.69. The van der Waals surface area contributed by atoms with Crippen molar-refractivity contribution in [3.8, 4) is 0 Å². The molecule has 0 N–H and O–H groups in total. The molecule has 0 atom stereocenters. The maximum atomic E-state index is 13.0. The SMILES string of the molecule is CCCCC(=O)CC1=CC(=O)c2nccc(/C=C/c3ccc(F)cc3)c2C1=O. The van der Waals surface area contributed by atoms with E-state index in [9.17, 15) is 18.8 Å². The Kier molecular flexibility index (Phi) is 6.04. The predicted octanol–water partition coefficient (Wildman–Crippen LogP) is 4.85. The largest absolute Gasteiger partial charge is 0.299 e. The molecule has 0 unspecified atom stereocenters. The van der Waals surface area contributed by atoms with Crippen LogP contribution in [0.4, 0.5) is 4.39 Å². The van der Waals surface area contributed by atoms with Gasteiger partial charge in [0.15, 0.2) is 5.78 Å². The van der Waals surface area contributed by atoms with Crippen molar-refractivity contribution in [2.24, 2.45) is 0 Å². The molecule has 0 radical (unpaired) electrons. The molecule has 0 aliphatic heterocycles. The maximum Gasteiger partial charge on any atom is 0.205 e. The first kappa shape index (κ1) is 19.5. The zero-order valence-electron chi connectivity index (χ0n) is 15.6. The number of unbranched alkanes of at least 4 members (excludes halogenated alkanes) is 1. The number of carbonyl (C=O) groups excluding carboxylic acids is 3. The number of halogens is 1. The topological polar surface area (TPSA) is 64.1 Å². The van der Waals surface area contributed by atoms with E-state index in [4.69, 9.17) is 0 Å². The number of rotatable bonds is 7. The molecule has 1 aliphatic rings. The van der Waals surface area contributed by atoms with Gasteiger partial charge in [0.25, 0.3) is 0 Å². The Morgan fingerprint density at radius 3 is 2.57 bits per heavy atom. The van der Waals surface area contributed by atoms with E-state index in [1.54, 1.807) is 30.4 Å². The lowest BCUT2D eigenvalue weighted by atomic mass is 9.87. The van der Waals surface area contributed by atoms with Gasteiger partial charge in [-0.1, -0.05) is 37.6 Å². The number of Topliss-reactive ketones (excluding diaryl/α,β-unsaturated/α-hetero) is 2. The zero-order valence-corrected chi connectivity index (χ0v) is 15.6. The fourth-order valence-electron chi connectivity index (χ4n) is 3.06. The van der Waals surface area contributed by atoms with Crippen molar-refractivity contribution < 1.29 is 18.8 Å². The summed E-state index contributed by atoms with van der Waals surface area (Å²) in [6, 6.07) is 7.57. The van der Waals surface area contributed by atoms with Crippen LogP contribution in [0, 0.1) is 5.82 Å². The summed E-state index contributed by atoms with van der Waals surface area (Å²) in [5.41, 5.74) is 1.82. The van der Waals surface area contributed by atoms with E-state index < -0.39 is 0 Å². The summed E-state index contributed by atoms with van der Waals surface area (Å²) < 4.78 is 13.0. The van der Waals surface area contributed by atoms with Gasteiger partial charge in [-0.25, -0.2) is 4.39 Å². The minimum Gasteiger partial charge on any atom is -0.299 e. The van der Waals surface area contributed by atoms with E-state index >= 15 is 0 Å². The number of hydrogen-bond acceptors (Lipinski definition) is 4. The van der Waals surface area contributed by atoms with E-state index in [0.717, 1.165) is 18.4 Å². The van der Waals surface area contributed by atoms with Crippen LogP contribution in [0.15, 0.2) is 48.2 Å². The van der Waals surface area contributed by atoms with Crippen LogP contribution in [0.1, 0.15) is 64.6 Å². The molecule has 28 heavy (non-hydrogen) atoms. The molecule has 1 aromatic heterocycles. The Balaban J connectivity index is 1.90. The van der Waals surface area contributed by atoms with Crippen LogP contribution in [0.25, 0.3) is 12.2 Å². The Morgan fingerprint density at radius 2 is 1.86 bits per heavy atom. The zero-order chi connectivity index (χ0) is 20.1. The highest BCUT2D eigenvalue weighted by Crippen LogP contribution is 2.26. The molecular formula is C23H20FNO3. The third-order valence-electron chi connectivity index (χ3n) is 4.56. The van der Waals surface area contributed by atoms with Gasteiger partial charge in [0, 0.05) is 24.6 Å². The van der Waals surface area contributed by atoms with Gasteiger partial charge in [-0.3, -0.25) is 19.4 Å². The number of benzene rings is 1. The summed E-state index contributed by atoms with van der Waals surface area (Å²) in [4.78, 5) is 41.5. The van der Waals surface area contributed by atoms with Crippen LogP contribution in [-0.4, -0.2) is 22.3 Å². The summed E-state index contributed by atoms with van der Waals surface area (Å²) in [5, 5.41) is 0. The number of pyridine rings is 1. The van der Waals surface area contributed by atoms with Gasteiger partial charge in [-0.2, -0.15) is 0 Å². The summed E-state index contributed by atoms with van der Waals surface area (Å²) >= 11 is 0. The molecule has 142 valence electrons. The highest BCUT2D eigenvalue weighted by atomic mass is 19.1.